The molecule has 0 radical (unpaired) electrons. The van der Waals surface area contributed by atoms with Gasteiger partial charge in [-0.25, -0.2) is 0 Å². The van der Waals surface area contributed by atoms with Crippen molar-refractivity contribution in [2.24, 2.45) is 5.92 Å². The van der Waals surface area contributed by atoms with Crippen LogP contribution in [0, 0.1) is 12.8 Å². The van der Waals surface area contributed by atoms with Gasteiger partial charge in [0.05, 0.1) is 0 Å². The summed E-state index contributed by atoms with van der Waals surface area (Å²) in [6, 6.07) is 8.38. The van der Waals surface area contributed by atoms with Crippen molar-refractivity contribution in [3.05, 3.63) is 35.4 Å². The van der Waals surface area contributed by atoms with Crippen LogP contribution in [-0.4, -0.2) is 25.5 Å². The minimum atomic E-state index is 0. The van der Waals surface area contributed by atoms with Crippen LogP contribution in [0.2, 0.25) is 0 Å². The molecule has 1 aromatic rings. The van der Waals surface area contributed by atoms with E-state index in [0.29, 0.717) is 6.42 Å². The molecule has 3 nitrogen and oxygen atoms in total. The van der Waals surface area contributed by atoms with Gasteiger partial charge in [0.1, 0.15) is 0 Å². The SMILES string of the molecule is Cc1cccc(CCC(=O)NCCC2CCCNC2)c1.Cl. The van der Waals surface area contributed by atoms with Crippen molar-refractivity contribution in [2.75, 3.05) is 19.6 Å². The molecular formula is C17H27ClN2O. The summed E-state index contributed by atoms with van der Waals surface area (Å²) in [6.07, 6.45) is 5.09. The van der Waals surface area contributed by atoms with Gasteiger partial charge in [0.15, 0.2) is 0 Å². The van der Waals surface area contributed by atoms with Gasteiger partial charge in [0.2, 0.25) is 5.91 Å². The van der Waals surface area contributed by atoms with E-state index in [0.717, 1.165) is 38.4 Å². The molecule has 0 aliphatic carbocycles. The minimum absolute atomic E-state index is 0. The Morgan fingerprint density at radius 3 is 3.00 bits per heavy atom. The number of rotatable bonds is 6. The Bertz CT molecular complexity index is 431. The predicted molar refractivity (Wildman–Crippen MR) is 90.0 cm³/mol. The van der Waals surface area contributed by atoms with E-state index in [-0.39, 0.29) is 18.3 Å². The largest absolute Gasteiger partial charge is 0.356 e. The molecule has 1 heterocycles. The van der Waals surface area contributed by atoms with Crippen LogP contribution in [0.1, 0.15) is 36.8 Å². The fraction of sp³-hybridized carbons (Fsp3) is 0.588. The third kappa shape index (κ3) is 6.96. The number of hydrogen-bond acceptors (Lipinski definition) is 2. The summed E-state index contributed by atoms with van der Waals surface area (Å²) in [5.41, 5.74) is 2.50. The Hall–Kier alpha value is -1.06. The molecule has 118 valence electrons. The third-order valence-corrected chi connectivity index (χ3v) is 4.00. The molecule has 1 aliphatic heterocycles. The molecule has 1 fully saturated rings. The van der Waals surface area contributed by atoms with E-state index in [1.807, 2.05) is 0 Å². The Labute approximate surface area is 134 Å². The zero-order valence-electron chi connectivity index (χ0n) is 12.9. The zero-order chi connectivity index (χ0) is 14.2. The Morgan fingerprint density at radius 1 is 1.43 bits per heavy atom. The van der Waals surface area contributed by atoms with Gasteiger partial charge in [-0.15, -0.1) is 12.4 Å². The Kier molecular flexibility index (Phi) is 8.40. The van der Waals surface area contributed by atoms with Gasteiger partial charge in [-0.3, -0.25) is 4.79 Å². The second-order valence-electron chi connectivity index (χ2n) is 5.84. The highest BCUT2D eigenvalue weighted by Crippen LogP contribution is 2.13. The number of halogens is 1. The Balaban J connectivity index is 0.00000220. The molecule has 2 N–H and O–H groups in total. The van der Waals surface area contributed by atoms with Crippen molar-refractivity contribution in [3.8, 4) is 0 Å². The molecule has 2 rings (SSSR count). The topological polar surface area (TPSA) is 41.1 Å². The quantitative estimate of drug-likeness (QED) is 0.848. The molecule has 1 unspecified atom stereocenters. The highest BCUT2D eigenvalue weighted by molar-refractivity contribution is 5.85. The van der Waals surface area contributed by atoms with Crippen molar-refractivity contribution in [1.29, 1.82) is 0 Å². The summed E-state index contributed by atoms with van der Waals surface area (Å²) in [5.74, 6) is 0.913. The fourth-order valence-corrected chi connectivity index (χ4v) is 2.80. The minimum Gasteiger partial charge on any atom is -0.356 e. The second-order valence-corrected chi connectivity index (χ2v) is 5.84. The number of benzene rings is 1. The molecule has 0 spiro atoms. The summed E-state index contributed by atoms with van der Waals surface area (Å²) < 4.78 is 0. The lowest BCUT2D eigenvalue weighted by molar-refractivity contribution is -0.121. The van der Waals surface area contributed by atoms with Crippen molar-refractivity contribution in [2.45, 2.75) is 39.0 Å². The first-order valence-electron chi connectivity index (χ1n) is 7.77. The van der Waals surface area contributed by atoms with E-state index >= 15 is 0 Å². The van der Waals surface area contributed by atoms with E-state index in [1.54, 1.807) is 0 Å². The molecule has 0 aromatic heterocycles. The van der Waals surface area contributed by atoms with Gasteiger partial charge in [-0.2, -0.15) is 0 Å². The number of nitrogens with one attached hydrogen (secondary N) is 2. The second kappa shape index (κ2) is 9.80. The molecule has 0 saturated carbocycles. The standard InChI is InChI=1S/C17H26N2O.ClH/c1-14-4-2-5-15(12-14)7-8-17(20)19-11-9-16-6-3-10-18-13-16;/h2,4-5,12,16,18H,3,6-11,13H2,1H3,(H,19,20);1H. The first-order chi connectivity index (χ1) is 9.74. The van der Waals surface area contributed by atoms with E-state index in [2.05, 4.69) is 41.8 Å². The summed E-state index contributed by atoms with van der Waals surface area (Å²) in [7, 11) is 0. The van der Waals surface area contributed by atoms with Crippen LogP contribution in [0.5, 0.6) is 0 Å². The highest BCUT2D eigenvalue weighted by Gasteiger charge is 2.12. The maximum atomic E-state index is 11.8. The number of piperidine rings is 1. The maximum absolute atomic E-state index is 11.8. The van der Waals surface area contributed by atoms with Crippen LogP contribution in [0.3, 0.4) is 0 Å². The molecule has 1 aromatic carbocycles. The van der Waals surface area contributed by atoms with Gasteiger partial charge >= 0.3 is 0 Å². The van der Waals surface area contributed by atoms with Crippen molar-refractivity contribution >= 4 is 18.3 Å². The first-order valence-corrected chi connectivity index (χ1v) is 7.77. The van der Waals surface area contributed by atoms with Gasteiger partial charge < -0.3 is 10.6 Å². The van der Waals surface area contributed by atoms with Crippen molar-refractivity contribution < 1.29 is 4.79 Å². The summed E-state index contributed by atoms with van der Waals surface area (Å²) in [6.45, 7) is 5.17. The molecular weight excluding hydrogens is 284 g/mol. The van der Waals surface area contributed by atoms with E-state index < -0.39 is 0 Å². The smallest absolute Gasteiger partial charge is 0.220 e. The van der Waals surface area contributed by atoms with Gasteiger partial charge in [-0.05, 0) is 57.2 Å². The summed E-state index contributed by atoms with van der Waals surface area (Å²) in [4.78, 5) is 11.8. The Morgan fingerprint density at radius 2 is 2.29 bits per heavy atom. The maximum Gasteiger partial charge on any atom is 0.220 e. The predicted octanol–water partition coefficient (Wildman–Crippen LogP) is 2.86. The molecule has 1 aliphatic rings. The first kappa shape index (κ1) is 18.0. The van der Waals surface area contributed by atoms with E-state index in [4.69, 9.17) is 0 Å². The molecule has 1 saturated heterocycles. The van der Waals surface area contributed by atoms with Crippen molar-refractivity contribution in [3.63, 3.8) is 0 Å². The van der Waals surface area contributed by atoms with E-state index in [9.17, 15) is 4.79 Å². The van der Waals surface area contributed by atoms with E-state index in [1.165, 1.54) is 24.0 Å². The van der Waals surface area contributed by atoms with Crippen LogP contribution in [0.4, 0.5) is 0 Å². The number of carbonyl (C=O) groups is 1. The molecule has 21 heavy (non-hydrogen) atoms. The number of carbonyl (C=O) groups excluding carboxylic acids is 1. The zero-order valence-corrected chi connectivity index (χ0v) is 13.7. The molecule has 1 atom stereocenters. The van der Waals surface area contributed by atoms with Gasteiger partial charge in [0.25, 0.3) is 0 Å². The number of hydrogen-bond donors (Lipinski definition) is 2. The number of amides is 1. The van der Waals surface area contributed by atoms with Gasteiger partial charge in [-0.1, -0.05) is 29.8 Å². The van der Waals surface area contributed by atoms with Crippen LogP contribution in [0.15, 0.2) is 24.3 Å². The molecule has 4 heteroatoms. The lowest BCUT2D eigenvalue weighted by Crippen LogP contribution is -2.33. The lowest BCUT2D eigenvalue weighted by atomic mass is 9.96. The summed E-state index contributed by atoms with van der Waals surface area (Å²) >= 11 is 0. The fourth-order valence-electron chi connectivity index (χ4n) is 2.80. The van der Waals surface area contributed by atoms with Crippen LogP contribution < -0.4 is 10.6 Å². The monoisotopic (exact) mass is 310 g/mol. The van der Waals surface area contributed by atoms with Crippen molar-refractivity contribution in [1.82, 2.24) is 10.6 Å². The van der Waals surface area contributed by atoms with Crippen LogP contribution >= 0.6 is 12.4 Å². The molecule has 0 bridgehead atoms. The van der Waals surface area contributed by atoms with Crippen LogP contribution in [-0.2, 0) is 11.2 Å². The number of aryl methyl sites for hydroxylation is 2. The lowest BCUT2D eigenvalue weighted by Gasteiger charge is -2.22. The van der Waals surface area contributed by atoms with Crippen LogP contribution in [0.25, 0.3) is 0 Å². The highest BCUT2D eigenvalue weighted by atomic mass is 35.5. The normalized spacial score (nSPS) is 17.9. The van der Waals surface area contributed by atoms with Gasteiger partial charge in [0, 0.05) is 13.0 Å². The molecule has 1 amide bonds. The average molecular weight is 311 g/mol. The third-order valence-electron chi connectivity index (χ3n) is 4.00. The summed E-state index contributed by atoms with van der Waals surface area (Å²) in [5, 5.41) is 6.46. The average Bonchev–Trinajstić information content (AvgIpc) is 2.46.